The molecule has 0 radical (unpaired) electrons. The summed E-state index contributed by atoms with van der Waals surface area (Å²) in [5.41, 5.74) is 2.80. The van der Waals surface area contributed by atoms with Crippen LogP contribution in [0.4, 0.5) is 0 Å². The van der Waals surface area contributed by atoms with E-state index in [1.165, 1.54) is 6.08 Å². The summed E-state index contributed by atoms with van der Waals surface area (Å²) < 4.78 is 11.5. The fourth-order valence-electron chi connectivity index (χ4n) is 4.43. The summed E-state index contributed by atoms with van der Waals surface area (Å²) in [6, 6.07) is 7.40. The van der Waals surface area contributed by atoms with Crippen LogP contribution in [0.5, 0.6) is 0 Å². The molecule has 2 heterocycles. The number of β-lactam (4-membered cyclic amide) rings is 1. The Kier molecular flexibility index (Phi) is 7.05. The number of rotatable bonds is 9. The number of hydrogen-bond acceptors (Lipinski definition) is 5. The first-order valence-corrected chi connectivity index (χ1v) is 14.3. The zero-order chi connectivity index (χ0) is 23.6. The monoisotopic (exact) mass is 456 g/mol. The highest BCUT2D eigenvalue weighted by Gasteiger charge is 2.57. The van der Waals surface area contributed by atoms with Crippen molar-refractivity contribution < 1.29 is 23.5 Å². The zero-order valence-electron chi connectivity index (χ0n) is 19.4. The van der Waals surface area contributed by atoms with Crippen molar-refractivity contribution in [1.29, 1.82) is 0 Å². The first kappa shape index (κ1) is 23.9. The number of nitrogens with one attached hydrogen (secondary N) is 1. The molecule has 1 saturated heterocycles. The summed E-state index contributed by atoms with van der Waals surface area (Å²) >= 11 is 0. The predicted octanol–water partition coefficient (Wildman–Crippen LogP) is 2.89. The summed E-state index contributed by atoms with van der Waals surface area (Å²) in [6.07, 6.45) is 2.13. The van der Waals surface area contributed by atoms with E-state index in [-0.39, 0.29) is 42.9 Å². The van der Waals surface area contributed by atoms with Gasteiger partial charge in [0.05, 0.1) is 24.5 Å². The van der Waals surface area contributed by atoms with Crippen LogP contribution in [0, 0.1) is 5.92 Å². The van der Waals surface area contributed by atoms with E-state index in [4.69, 9.17) is 9.16 Å². The lowest BCUT2D eigenvalue weighted by atomic mass is 9.82. The molecule has 2 aliphatic heterocycles. The summed E-state index contributed by atoms with van der Waals surface area (Å²) in [7, 11) is -0.216. The first-order chi connectivity index (χ1) is 15.1. The van der Waals surface area contributed by atoms with Gasteiger partial charge in [-0.25, -0.2) is 4.79 Å². The van der Waals surface area contributed by atoms with E-state index in [0.29, 0.717) is 12.1 Å². The first-order valence-electron chi connectivity index (χ1n) is 10.9. The second-order valence-corrected chi connectivity index (χ2v) is 13.7. The molecule has 7 nitrogen and oxygen atoms in total. The third kappa shape index (κ3) is 4.86. The molecule has 2 amide bonds. The van der Waals surface area contributed by atoms with Crippen LogP contribution in [0.1, 0.15) is 24.5 Å². The molecule has 1 fully saturated rings. The summed E-state index contributed by atoms with van der Waals surface area (Å²) in [5.74, 6) is -0.977. The average molecular weight is 457 g/mol. The van der Waals surface area contributed by atoms with Crippen molar-refractivity contribution in [2.75, 3.05) is 13.7 Å². The Hall–Kier alpha value is -2.71. The van der Waals surface area contributed by atoms with E-state index in [1.807, 2.05) is 31.2 Å². The van der Waals surface area contributed by atoms with Crippen molar-refractivity contribution in [3.63, 3.8) is 0 Å². The molecule has 2 aliphatic rings. The Bertz CT molecular complexity index is 948. The quantitative estimate of drug-likeness (QED) is 0.267. The van der Waals surface area contributed by atoms with E-state index in [2.05, 4.69) is 31.5 Å². The highest BCUT2D eigenvalue weighted by atomic mass is 28.4. The number of benzene rings is 1. The molecule has 32 heavy (non-hydrogen) atoms. The molecule has 3 rings (SSSR count). The highest BCUT2D eigenvalue weighted by Crippen LogP contribution is 2.48. The van der Waals surface area contributed by atoms with E-state index in [0.717, 1.165) is 16.7 Å². The van der Waals surface area contributed by atoms with Gasteiger partial charge in [0.2, 0.25) is 11.8 Å². The van der Waals surface area contributed by atoms with Gasteiger partial charge in [-0.05, 0) is 49.7 Å². The molecule has 0 saturated carbocycles. The zero-order valence-corrected chi connectivity index (χ0v) is 20.4. The maximum atomic E-state index is 13.1. The predicted molar refractivity (Wildman–Crippen MR) is 125 cm³/mol. The minimum atomic E-state index is -1.82. The van der Waals surface area contributed by atoms with Gasteiger partial charge >= 0.3 is 5.97 Å². The SMILES string of the molecule is C=CCOC(=O)C1=C(c2ccc(CC(=O)NC)cc2)C[C@@H]2[C@@H]([C@@H](C)O[Si](C)(C)C)C(=O)N12. The smallest absolute Gasteiger partial charge is 0.355 e. The lowest BCUT2D eigenvalue weighted by molar-refractivity contribution is -0.161. The van der Waals surface area contributed by atoms with Crippen LogP contribution in [0.25, 0.3) is 5.57 Å². The molecule has 0 aliphatic carbocycles. The van der Waals surface area contributed by atoms with Crippen LogP contribution in [0.15, 0.2) is 42.6 Å². The molecule has 3 atom stereocenters. The number of esters is 1. The Balaban J connectivity index is 1.89. The van der Waals surface area contributed by atoms with Gasteiger partial charge in [0.1, 0.15) is 12.3 Å². The number of fused-ring (bicyclic) bond motifs is 1. The van der Waals surface area contributed by atoms with Gasteiger partial charge in [-0.2, -0.15) is 0 Å². The van der Waals surface area contributed by atoms with Crippen molar-refractivity contribution in [2.24, 2.45) is 5.92 Å². The molecule has 0 unspecified atom stereocenters. The maximum Gasteiger partial charge on any atom is 0.355 e. The van der Waals surface area contributed by atoms with Crippen molar-refractivity contribution >= 4 is 31.7 Å². The Morgan fingerprint density at radius 1 is 1.28 bits per heavy atom. The van der Waals surface area contributed by atoms with Crippen LogP contribution in [0.3, 0.4) is 0 Å². The molecule has 0 aromatic heterocycles. The molecular weight excluding hydrogens is 424 g/mol. The summed E-state index contributed by atoms with van der Waals surface area (Å²) in [4.78, 5) is 39.2. The number of ether oxygens (including phenoxy) is 1. The third-order valence-electron chi connectivity index (χ3n) is 5.73. The van der Waals surface area contributed by atoms with Crippen LogP contribution >= 0.6 is 0 Å². The van der Waals surface area contributed by atoms with Crippen LogP contribution in [0.2, 0.25) is 19.6 Å². The Morgan fingerprint density at radius 3 is 2.50 bits per heavy atom. The molecular formula is C24H32N2O5Si. The van der Waals surface area contributed by atoms with E-state index >= 15 is 0 Å². The van der Waals surface area contributed by atoms with E-state index in [9.17, 15) is 14.4 Å². The minimum absolute atomic E-state index is 0.0690. The largest absolute Gasteiger partial charge is 0.457 e. The minimum Gasteiger partial charge on any atom is -0.457 e. The van der Waals surface area contributed by atoms with Crippen LogP contribution < -0.4 is 5.32 Å². The number of carbonyl (C=O) groups excluding carboxylic acids is 3. The average Bonchev–Trinajstić information content (AvgIpc) is 3.06. The lowest BCUT2D eigenvalue weighted by Gasteiger charge is -2.47. The number of nitrogens with zero attached hydrogens (tertiary/aromatic N) is 1. The van der Waals surface area contributed by atoms with Crippen molar-refractivity contribution in [2.45, 2.75) is 51.6 Å². The second kappa shape index (κ2) is 9.42. The molecule has 1 aromatic rings. The second-order valence-electron chi connectivity index (χ2n) is 9.20. The fourth-order valence-corrected chi connectivity index (χ4v) is 5.70. The molecule has 8 heteroatoms. The highest BCUT2D eigenvalue weighted by molar-refractivity contribution is 6.69. The number of likely N-dealkylation sites (N-methyl/N-ethyl adjacent to an activating group) is 1. The number of hydrogen-bond donors (Lipinski definition) is 1. The van der Waals surface area contributed by atoms with Gasteiger partial charge in [-0.3, -0.25) is 9.59 Å². The van der Waals surface area contributed by atoms with Gasteiger partial charge in [0.25, 0.3) is 0 Å². The van der Waals surface area contributed by atoms with E-state index in [1.54, 1.807) is 11.9 Å². The molecule has 0 bridgehead atoms. The van der Waals surface area contributed by atoms with Gasteiger partial charge in [0.15, 0.2) is 8.32 Å². The van der Waals surface area contributed by atoms with Crippen LogP contribution in [-0.2, 0) is 30.0 Å². The van der Waals surface area contributed by atoms with Crippen molar-refractivity contribution in [3.8, 4) is 0 Å². The molecule has 0 spiro atoms. The molecule has 1 N–H and O–H groups in total. The van der Waals surface area contributed by atoms with Crippen molar-refractivity contribution in [3.05, 3.63) is 53.7 Å². The van der Waals surface area contributed by atoms with Crippen LogP contribution in [-0.4, -0.2) is 56.8 Å². The summed E-state index contributed by atoms with van der Waals surface area (Å²) in [6.45, 7) is 11.9. The maximum absolute atomic E-state index is 13.1. The van der Waals surface area contributed by atoms with Gasteiger partial charge < -0.3 is 19.4 Å². The standard InChI is InChI=1S/C24H32N2O5Si/c1-7-12-30-24(29)22-18(17-10-8-16(9-11-17)13-20(27)25-3)14-19-21(23(28)26(19)22)15(2)31-32(4,5)6/h7-11,15,19,21H,1,12-14H2,2-6H3,(H,25,27)/t15-,19-,21-/m1/s1. The van der Waals surface area contributed by atoms with Gasteiger partial charge in [0, 0.05) is 7.05 Å². The normalized spacial score (nSPS) is 21.0. The Labute approximate surface area is 190 Å². The van der Waals surface area contributed by atoms with Gasteiger partial charge in [-0.1, -0.05) is 36.9 Å². The van der Waals surface area contributed by atoms with E-state index < -0.39 is 14.3 Å². The fraction of sp³-hybridized carbons (Fsp3) is 0.458. The lowest BCUT2D eigenvalue weighted by Crippen LogP contribution is -2.63. The summed E-state index contributed by atoms with van der Waals surface area (Å²) in [5, 5.41) is 2.61. The third-order valence-corrected chi connectivity index (χ3v) is 6.80. The van der Waals surface area contributed by atoms with Gasteiger partial charge in [-0.15, -0.1) is 0 Å². The molecule has 1 aromatic carbocycles. The number of carbonyl (C=O) groups is 3. The Morgan fingerprint density at radius 2 is 1.94 bits per heavy atom. The topological polar surface area (TPSA) is 84.9 Å². The number of amides is 2. The molecule has 172 valence electrons. The van der Waals surface area contributed by atoms with Crippen molar-refractivity contribution in [1.82, 2.24) is 10.2 Å².